The van der Waals surface area contributed by atoms with Gasteiger partial charge in [-0.2, -0.15) is 0 Å². The quantitative estimate of drug-likeness (QED) is 0.658. The van der Waals surface area contributed by atoms with Crippen LogP contribution in [0, 0.1) is 5.92 Å². The van der Waals surface area contributed by atoms with Gasteiger partial charge >= 0.3 is 0 Å². The Balaban J connectivity index is 2.60. The van der Waals surface area contributed by atoms with Gasteiger partial charge in [0.1, 0.15) is 6.61 Å². The molecule has 1 heterocycles. The molecule has 0 aromatic carbocycles. The Morgan fingerprint density at radius 1 is 1.69 bits per heavy atom. The summed E-state index contributed by atoms with van der Waals surface area (Å²) in [5.74, 6) is -4.12. The number of likely N-dealkylation sites (tertiary alicyclic amines) is 1. The van der Waals surface area contributed by atoms with Crippen molar-refractivity contribution in [3.05, 3.63) is 0 Å². The summed E-state index contributed by atoms with van der Waals surface area (Å²) in [6.45, 7) is 0.537. The molecule has 1 aliphatic heterocycles. The van der Waals surface area contributed by atoms with Crippen LogP contribution in [0.3, 0.4) is 0 Å². The number of amides is 1. The number of carbonyl (C=O) groups is 1. The van der Waals surface area contributed by atoms with E-state index in [1.54, 1.807) is 0 Å². The van der Waals surface area contributed by atoms with Gasteiger partial charge in [0, 0.05) is 12.5 Å². The number of aliphatic hydroxyl groups excluding tert-OH is 1. The van der Waals surface area contributed by atoms with Crippen LogP contribution < -0.4 is 0 Å². The minimum Gasteiger partial charge on any atom is -0.387 e. The van der Waals surface area contributed by atoms with Gasteiger partial charge in [0.25, 0.3) is 5.92 Å². The molecule has 1 aliphatic rings. The first kappa shape index (κ1) is 10.4. The number of halogens is 2. The van der Waals surface area contributed by atoms with Gasteiger partial charge in [0.2, 0.25) is 5.91 Å². The average molecular weight is 193 g/mol. The molecular formula is C8H13F2NO2. The van der Waals surface area contributed by atoms with Crippen molar-refractivity contribution >= 4 is 5.91 Å². The lowest BCUT2D eigenvalue weighted by Crippen LogP contribution is -2.50. The lowest BCUT2D eigenvalue weighted by molar-refractivity contribution is -0.151. The van der Waals surface area contributed by atoms with Crippen molar-refractivity contribution in [2.24, 2.45) is 5.92 Å². The maximum absolute atomic E-state index is 13.1. The molecule has 1 saturated heterocycles. The normalized spacial score (nSPS) is 27.4. The Morgan fingerprint density at radius 2 is 2.31 bits per heavy atom. The standard InChI is InChI=1S/C8H13F2NO2/c1-6-2-3-11(7(13)4-12)5-8(6,9)10/h6,12H,2-5H2,1H3. The molecule has 1 N–H and O–H groups in total. The smallest absolute Gasteiger partial charge is 0.267 e. The van der Waals surface area contributed by atoms with E-state index in [9.17, 15) is 13.6 Å². The SMILES string of the molecule is CC1CCN(C(=O)CO)CC1(F)F. The Labute approximate surface area is 75.3 Å². The second kappa shape index (κ2) is 3.57. The van der Waals surface area contributed by atoms with Crippen LogP contribution in [-0.4, -0.2) is 41.5 Å². The fourth-order valence-electron chi connectivity index (χ4n) is 1.36. The third-order valence-corrected chi connectivity index (χ3v) is 2.44. The second-order valence-electron chi connectivity index (χ2n) is 3.42. The molecule has 0 aromatic heterocycles. The van der Waals surface area contributed by atoms with Crippen LogP contribution in [0.2, 0.25) is 0 Å². The van der Waals surface area contributed by atoms with E-state index in [0.29, 0.717) is 13.0 Å². The van der Waals surface area contributed by atoms with Crippen LogP contribution in [0.15, 0.2) is 0 Å². The Bertz CT molecular complexity index is 208. The predicted molar refractivity (Wildman–Crippen MR) is 42.4 cm³/mol. The van der Waals surface area contributed by atoms with Crippen LogP contribution in [0.1, 0.15) is 13.3 Å². The zero-order chi connectivity index (χ0) is 10.1. The largest absolute Gasteiger partial charge is 0.387 e. The molecule has 0 bridgehead atoms. The summed E-state index contributed by atoms with van der Waals surface area (Å²) in [6, 6.07) is 0. The van der Waals surface area contributed by atoms with Crippen LogP contribution in [-0.2, 0) is 4.79 Å². The molecule has 76 valence electrons. The third-order valence-electron chi connectivity index (χ3n) is 2.44. The summed E-state index contributed by atoms with van der Waals surface area (Å²) in [5, 5.41) is 8.49. The molecule has 1 unspecified atom stereocenters. The monoisotopic (exact) mass is 193 g/mol. The van der Waals surface area contributed by atoms with Crippen molar-refractivity contribution < 1.29 is 18.7 Å². The van der Waals surface area contributed by atoms with Gasteiger partial charge in [-0.25, -0.2) is 8.78 Å². The number of nitrogens with zero attached hydrogens (tertiary/aromatic N) is 1. The van der Waals surface area contributed by atoms with Crippen molar-refractivity contribution in [3.8, 4) is 0 Å². The maximum Gasteiger partial charge on any atom is 0.267 e. The molecule has 1 rings (SSSR count). The van der Waals surface area contributed by atoms with Crippen LogP contribution >= 0.6 is 0 Å². The lowest BCUT2D eigenvalue weighted by atomic mass is 9.95. The van der Waals surface area contributed by atoms with Gasteiger partial charge in [0.05, 0.1) is 6.54 Å². The summed E-state index contributed by atoms with van der Waals surface area (Å²) >= 11 is 0. The number of rotatable bonds is 1. The van der Waals surface area contributed by atoms with E-state index in [-0.39, 0.29) is 0 Å². The first-order valence-corrected chi connectivity index (χ1v) is 4.24. The molecule has 1 amide bonds. The van der Waals surface area contributed by atoms with E-state index >= 15 is 0 Å². The van der Waals surface area contributed by atoms with Gasteiger partial charge in [-0.15, -0.1) is 0 Å². The van der Waals surface area contributed by atoms with Crippen LogP contribution in [0.25, 0.3) is 0 Å². The van der Waals surface area contributed by atoms with Crippen LogP contribution in [0.4, 0.5) is 8.78 Å². The number of hydrogen-bond donors (Lipinski definition) is 1. The molecule has 0 spiro atoms. The van der Waals surface area contributed by atoms with E-state index in [1.807, 2.05) is 0 Å². The Morgan fingerprint density at radius 3 is 2.77 bits per heavy atom. The third kappa shape index (κ3) is 2.15. The minimum atomic E-state index is -2.82. The molecule has 5 heteroatoms. The highest BCUT2D eigenvalue weighted by Gasteiger charge is 2.42. The Hall–Kier alpha value is -0.710. The predicted octanol–water partition coefficient (Wildman–Crippen LogP) is 0.482. The summed E-state index contributed by atoms with van der Waals surface area (Å²) in [6.07, 6.45) is 0.290. The molecule has 0 saturated carbocycles. The molecule has 0 aromatic rings. The number of alkyl halides is 2. The van der Waals surface area contributed by atoms with Crippen molar-refractivity contribution in [1.82, 2.24) is 4.90 Å². The number of hydrogen-bond acceptors (Lipinski definition) is 2. The second-order valence-corrected chi connectivity index (χ2v) is 3.42. The van der Waals surface area contributed by atoms with Crippen molar-refractivity contribution in [3.63, 3.8) is 0 Å². The number of piperidine rings is 1. The molecule has 1 fully saturated rings. The van der Waals surface area contributed by atoms with Crippen molar-refractivity contribution in [2.75, 3.05) is 19.7 Å². The summed E-state index contributed by atoms with van der Waals surface area (Å²) in [4.78, 5) is 11.9. The number of carbonyl (C=O) groups excluding carboxylic acids is 1. The molecule has 13 heavy (non-hydrogen) atoms. The number of aliphatic hydroxyl groups is 1. The molecule has 0 radical (unpaired) electrons. The minimum absolute atomic E-state index is 0.290. The highest BCUT2D eigenvalue weighted by molar-refractivity contribution is 5.77. The maximum atomic E-state index is 13.1. The molecule has 0 aliphatic carbocycles. The van der Waals surface area contributed by atoms with E-state index in [2.05, 4.69) is 0 Å². The van der Waals surface area contributed by atoms with Gasteiger partial charge in [-0.05, 0) is 6.42 Å². The Kier molecular flexibility index (Phi) is 2.85. The van der Waals surface area contributed by atoms with Crippen molar-refractivity contribution in [2.45, 2.75) is 19.3 Å². The van der Waals surface area contributed by atoms with Crippen LogP contribution in [0.5, 0.6) is 0 Å². The van der Waals surface area contributed by atoms with E-state index in [0.717, 1.165) is 4.90 Å². The summed E-state index contributed by atoms with van der Waals surface area (Å²) in [7, 11) is 0. The molecular weight excluding hydrogens is 180 g/mol. The lowest BCUT2D eigenvalue weighted by Gasteiger charge is -2.36. The van der Waals surface area contributed by atoms with Gasteiger partial charge < -0.3 is 10.0 Å². The fourth-order valence-corrected chi connectivity index (χ4v) is 1.36. The van der Waals surface area contributed by atoms with E-state index in [1.165, 1.54) is 6.92 Å². The molecule has 3 nitrogen and oxygen atoms in total. The van der Waals surface area contributed by atoms with Gasteiger partial charge in [-0.1, -0.05) is 6.92 Å². The van der Waals surface area contributed by atoms with Crippen molar-refractivity contribution in [1.29, 1.82) is 0 Å². The van der Waals surface area contributed by atoms with Gasteiger partial charge in [0.15, 0.2) is 0 Å². The first-order chi connectivity index (χ1) is 5.97. The average Bonchev–Trinajstić information content (AvgIpc) is 2.08. The first-order valence-electron chi connectivity index (χ1n) is 4.24. The topological polar surface area (TPSA) is 40.5 Å². The van der Waals surface area contributed by atoms with E-state index < -0.39 is 30.9 Å². The highest BCUT2D eigenvalue weighted by Crippen LogP contribution is 2.32. The fraction of sp³-hybridized carbons (Fsp3) is 0.875. The zero-order valence-corrected chi connectivity index (χ0v) is 7.46. The summed E-state index contributed by atoms with van der Waals surface area (Å²) < 4.78 is 26.1. The molecule has 1 atom stereocenters. The highest BCUT2D eigenvalue weighted by atomic mass is 19.3. The zero-order valence-electron chi connectivity index (χ0n) is 7.46. The van der Waals surface area contributed by atoms with E-state index in [4.69, 9.17) is 5.11 Å². The summed E-state index contributed by atoms with van der Waals surface area (Å²) in [5.41, 5.74) is 0. The van der Waals surface area contributed by atoms with Gasteiger partial charge in [-0.3, -0.25) is 4.79 Å².